The molecule has 4 heteroatoms. The number of fused-ring (bicyclic) bond motifs is 1. The number of benzene rings is 1. The molecule has 0 amide bonds. The molecule has 0 atom stereocenters. The summed E-state index contributed by atoms with van der Waals surface area (Å²) in [6, 6.07) is 5.63. The van der Waals surface area contributed by atoms with Crippen LogP contribution in [0.1, 0.15) is 0 Å². The maximum Gasteiger partial charge on any atom is 0.181 e. The molecule has 0 radical (unpaired) electrons. The normalized spacial score (nSPS) is 10.6. The number of rotatable bonds is 1. The van der Waals surface area contributed by atoms with Crippen molar-refractivity contribution in [3.05, 3.63) is 24.6 Å². The lowest BCUT2D eigenvalue weighted by atomic mass is 10.3. The molecule has 2 aromatic rings. The summed E-state index contributed by atoms with van der Waals surface area (Å²) in [5.41, 5.74) is 1.63. The Kier molecular flexibility index (Phi) is 1.75. The lowest BCUT2D eigenvalue weighted by molar-refractivity contribution is 0.602. The second kappa shape index (κ2) is 2.75. The summed E-state index contributed by atoms with van der Waals surface area (Å²) in [4.78, 5) is 4.97. The van der Waals surface area contributed by atoms with Gasteiger partial charge in [-0.05, 0) is 39.9 Å². The van der Waals surface area contributed by atoms with Crippen molar-refractivity contribution >= 4 is 32.8 Å². The summed E-state index contributed by atoms with van der Waals surface area (Å²) >= 11 is 0. The zero-order valence-corrected chi connectivity index (χ0v) is 7.02. The van der Waals surface area contributed by atoms with E-state index in [-0.39, 0.29) is 0 Å². The predicted molar refractivity (Wildman–Crippen MR) is 45.7 cm³/mol. The number of hydrogen-bond donors (Lipinski definition) is 0. The Bertz CT molecular complexity index is 373. The molecule has 0 fully saturated rings. The topological polar surface area (TPSA) is 26.0 Å². The molecular weight excluding hydrogens is 182 g/mol. The first-order valence-corrected chi connectivity index (χ1v) is 4.66. The lowest BCUT2D eigenvalue weighted by Gasteiger charge is -1.90. The fraction of sp³-hybridized carbons (Fsp3) is 0. The summed E-state index contributed by atoms with van der Waals surface area (Å²) in [6.45, 7) is 0. The van der Waals surface area contributed by atoms with Crippen LogP contribution < -0.4 is 0 Å². The van der Waals surface area contributed by atoms with Gasteiger partial charge in [0.1, 0.15) is 5.52 Å². The number of hydrogen-bond acceptors (Lipinski definition) is 3. The molecule has 0 spiro atoms. The van der Waals surface area contributed by atoms with Gasteiger partial charge in [0.05, 0.1) is 0 Å². The highest BCUT2D eigenvalue weighted by Crippen LogP contribution is 2.25. The summed E-state index contributed by atoms with van der Waals surface area (Å²) < 4.78 is 5.05. The van der Waals surface area contributed by atoms with E-state index in [2.05, 4.69) is 4.98 Å². The summed E-state index contributed by atoms with van der Waals surface area (Å²) in [5, 5.41) is 0. The molecule has 0 bridgehead atoms. The quantitative estimate of drug-likeness (QED) is 0.683. The molecule has 0 N–H and O–H groups in total. The number of halogens is 1. The van der Waals surface area contributed by atoms with E-state index >= 15 is 0 Å². The van der Waals surface area contributed by atoms with Crippen molar-refractivity contribution in [2.24, 2.45) is 0 Å². The van der Waals surface area contributed by atoms with Crippen LogP contribution in [0.5, 0.6) is 0 Å². The van der Waals surface area contributed by atoms with Gasteiger partial charge in [-0.25, -0.2) is 4.98 Å². The minimum Gasteiger partial charge on any atom is -0.443 e. The first-order chi connectivity index (χ1) is 5.40. The van der Waals surface area contributed by atoms with Crippen LogP contribution in [0.2, 0.25) is 0 Å². The molecule has 2 nitrogen and oxygen atoms in total. The molecule has 11 heavy (non-hydrogen) atoms. The molecule has 0 saturated carbocycles. The van der Waals surface area contributed by atoms with E-state index in [9.17, 15) is 0 Å². The molecule has 0 aliphatic carbocycles. The Morgan fingerprint density at radius 1 is 1.45 bits per heavy atom. The van der Waals surface area contributed by atoms with Gasteiger partial charge in [0.15, 0.2) is 12.0 Å². The van der Waals surface area contributed by atoms with Gasteiger partial charge in [-0.1, -0.05) is 0 Å². The molecule has 0 aliphatic heterocycles. The highest BCUT2D eigenvalue weighted by Gasteiger charge is 1.98. The monoisotopic (exact) mass is 185 g/mol. The molecular formula is C7H4ClNOS. The van der Waals surface area contributed by atoms with Crippen molar-refractivity contribution in [2.75, 3.05) is 0 Å². The third-order valence-corrected chi connectivity index (χ3v) is 2.36. The molecule has 0 unspecified atom stereocenters. The van der Waals surface area contributed by atoms with Crippen LogP contribution in [0.15, 0.2) is 33.9 Å². The van der Waals surface area contributed by atoms with Crippen LogP contribution in [-0.4, -0.2) is 4.98 Å². The van der Waals surface area contributed by atoms with Gasteiger partial charge in [-0.2, -0.15) is 0 Å². The van der Waals surface area contributed by atoms with Crippen molar-refractivity contribution in [2.45, 2.75) is 4.90 Å². The standard InChI is InChI=1S/C7H4ClNOS/c8-11-5-1-2-7-6(3-5)9-4-10-7/h1-4H. The Balaban J connectivity index is 2.67. The summed E-state index contributed by atoms with van der Waals surface area (Å²) in [6.07, 6.45) is 1.42. The smallest absolute Gasteiger partial charge is 0.181 e. The fourth-order valence-electron chi connectivity index (χ4n) is 0.886. The van der Waals surface area contributed by atoms with Gasteiger partial charge in [0.2, 0.25) is 0 Å². The van der Waals surface area contributed by atoms with Crippen LogP contribution in [0.25, 0.3) is 11.1 Å². The maximum absolute atomic E-state index is 5.55. The average Bonchev–Trinajstić information content (AvgIpc) is 2.50. The van der Waals surface area contributed by atoms with Crippen molar-refractivity contribution in [3.63, 3.8) is 0 Å². The second-order valence-corrected chi connectivity index (χ2v) is 3.15. The average molecular weight is 186 g/mol. The Morgan fingerprint density at radius 2 is 2.36 bits per heavy atom. The second-order valence-electron chi connectivity index (χ2n) is 2.06. The Hall–Kier alpha value is -0.670. The minimum atomic E-state index is 0.791. The van der Waals surface area contributed by atoms with E-state index in [4.69, 9.17) is 15.1 Å². The fourth-order valence-corrected chi connectivity index (χ4v) is 1.45. The van der Waals surface area contributed by atoms with Gasteiger partial charge < -0.3 is 4.42 Å². The number of nitrogens with zero attached hydrogens (tertiary/aromatic N) is 1. The molecule has 1 aromatic carbocycles. The molecule has 1 aromatic heterocycles. The van der Waals surface area contributed by atoms with Crippen LogP contribution >= 0.6 is 21.7 Å². The van der Waals surface area contributed by atoms with Crippen molar-refractivity contribution in [1.29, 1.82) is 0 Å². The predicted octanol–water partition coefficient (Wildman–Crippen LogP) is 3.07. The van der Waals surface area contributed by atoms with Crippen LogP contribution in [0, 0.1) is 0 Å². The van der Waals surface area contributed by atoms with E-state index in [1.165, 1.54) is 17.4 Å². The zero-order valence-electron chi connectivity index (χ0n) is 5.45. The molecule has 56 valence electrons. The van der Waals surface area contributed by atoms with Crippen molar-refractivity contribution < 1.29 is 4.42 Å². The summed E-state index contributed by atoms with van der Waals surface area (Å²) in [7, 11) is 6.73. The highest BCUT2D eigenvalue weighted by molar-refractivity contribution is 8.21. The Labute approximate surface area is 72.1 Å². The number of aromatic nitrogens is 1. The molecule has 1 heterocycles. The third-order valence-electron chi connectivity index (χ3n) is 1.39. The Morgan fingerprint density at radius 3 is 3.18 bits per heavy atom. The van der Waals surface area contributed by atoms with Crippen LogP contribution in [0.3, 0.4) is 0 Å². The van der Waals surface area contributed by atoms with Gasteiger partial charge in [-0.15, -0.1) is 0 Å². The molecule has 2 rings (SSSR count). The largest absolute Gasteiger partial charge is 0.443 e. The summed E-state index contributed by atoms with van der Waals surface area (Å²) in [5.74, 6) is 0. The molecule has 0 aliphatic rings. The van der Waals surface area contributed by atoms with E-state index in [0.717, 1.165) is 16.0 Å². The van der Waals surface area contributed by atoms with Crippen molar-refractivity contribution in [3.8, 4) is 0 Å². The minimum absolute atomic E-state index is 0.791. The van der Waals surface area contributed by atoms with E-state index in [1.54, 1.807) is 0 Å². The highest BCUT2D eigenvalue weighted by atomic mass is 35.7. The van der Waals surface area contributed by atoms with Crippen LogP contribution in [-0.2, 0) is 0 Å². The van der Waals surface area contributed by atoms with Gasteiger partial charge in [0, 0.05) is 4.90 Å². The number of oxazole rings is 1. The van der Waals surface area contributed by atoms with Gasteiger partial charge >= 0.3 is 0 Å². The lowest BCUT2D eigenvalue weighted by Crippen LogP contribution is -1.68. The van der Waals surface area contributed by atoms with Crippen molar-refractivity contribution in [1.82, 2.24) is 4.98 Å². The van der Waals surface area contributed by atoms with E-state index in [0.29, 0.717) is 0 Å². The first-order valence-electron chi connectivity index (χ1n) is 3.02. The van der Waals surface area contributed by atoms with E-state index < -0.39 is 0 Å². The SMILES string of the molecule is ClSc1ccc2ocnc2c1. The zero-order chi connectivity index (χ0) is 7.68. The first kappa shape index (κ1) is 7.00. The molecule has 0 saturated heterocycles. The van der Waals surface area contributed by atoms with Gasteiger partial charge in [-0.3, -0.25) is 0 Å². The third kappa shape index (κ3) is 1.21. The van der Waals surface area contributed by atoms with Gasteiger partial charge in [0.25, 0.3) is 0 Å². The maximum atomic E-state index is 5.55. The van der Waals surface area contributed by atoms with Crippen LogP contribution in [0.4, 0.5) is 0 Å². The van der Waals surface area contributed by atoms with E-state index in [1.807, 2.05) is 18.2 Å².